The average molecular weight is 329 g/mol. The number of aromatic nitrogens is 2. The maximum atomic E-state index is 5.83. The van der Waals surface area contributed by atoms with Crippen molar-refractivity contribution >= 4 is 38.3 Å². The van der Waals surface area contributed by atoms with Gasteiger partial charge >= 0.3 is 0 Å². The lowest BCUT2D eigenvalue weighted by atomic mass is 10.2. The lowest BCUT2D eigenvalue weighted by Gasteiger charge is -2.10. The molecule has 0 aliphatic rings. The van der Waals surface area contributed by atoms with Gasteiger partial charge in [-0.1, -0.05) is 34.1 Å². The number of nitrogens with zero attached hydrogens (tertiary/aromatic N) is 2. The Morgan fingerprint density at radius 3 is 2.80 bits per heavy atom. The Bertz CT molecular complexity index is 758. The Kier molecular flexibility index (Phi) is 3.52. The molecule has 100 valence electrons. The van der Waals surface area contributed by atoms with Crippen molar-refractivity contribution in [2.45, 2.75) is 6.54 Å². The van der Waals surface area contributed by atoms with Crippen LogP contribution in [-0.2, 0) is 6.54 Å². The number of nitrogens with two attached hydrogens (primary N) is 1. The fourth-order valence-corrected chi connectivity index (χ4v) is 2.46. The monoisotopic (exact) mass is 328 g/mol. The normalized spacial score (nSPS) is 10.7. The Morgan fingerprint density at radius 2 is 1.95 bits per heavy atom. The van der Waals surface area contributed by atoms with E-state index < -0.39 is 0 Å². The van der Waals surface area contributed by atoms with Crippen molar-refractivity contribution in [2.24, 2.45) is 0 Å². The summed E-state index contributed by atoms with van der Waals surface area (Å²) in [6, 6.07) is 13.7. The number of rotatable bonds is 3. The molecule has 0 fully saturated rings. The third-order valence-electron chi connectivity index (χ3n) is 3.06. The Morgan fingerprint density at radius 1 is 1.10 bits per heavy atom. The van der Waals surface area contributed by atoms with Gasteiger partial charge in [-0.25, -0.2) is 9.97 Å². The molecule has 3 rings (SSSR count). The molecule has 0 atom stereocenters. The largest absolute Gasteiger partial charge is 0.399 e. The summed E-state index contributed by atoms with van der Waals surface area (Å²) >= 11 is 3.54. The van der Waals surface area contributed by atoms with E-state index in [9.17, 15) is 0 Å². The molecule has 0 aliphatic heterocycles. The van der Waals surface area contributed by atoms with E-state index in [0.29, 0.717) is 12.2 Å². The molecule has 3 aromatic rings. The van der Waals surface area contributed by atoms with Gasteiger partial charge in [0.15, 0.2) is 0 Å². The van der Waals surface area contributed by atoms with E-state index >= 15 is 0 Å². The van der Waals surface area contributed by atoms with Crippen molar-refractivity contribution in [2.75, 3.05) is 11.1 Å². The van der Waals surface area contributed by atoms with Crippen LogP contribution in [-0.4, -0.2) is 9.97 Å². The van der Waals surface area contributed by atoms with Crippen molar-refractivity contribution in [1.29, 1.82) is 0 Å². The highest BCUT2D eigenvalue weighted by molar-refractivity contribution is 9.10. The van der Waals surface area contributed by atoms with E-state index in [1.807, 2.05) is 36.4 Å². The maximum Gasteiger partial charge on any atom is 0.137 e. The zero-order valence-corrected chi connectivity index (χ0v) is 12.3. The summed E-state index contributed by atoms with van der Waals surface area (Å²) in [5.41, 5.74) is 8.59. The molecule has 0 saturated heterocycles. The summed E-state index contributed by atoms with van der Waals surface area (Å²) < 4.78 is 1.07. The second-order valence-electron chi connectivity index (χ2n) is 4.44. The fourth-order valence-electron chi connectivity index (χ4n) is 2.04. The number of hydrogen-bond donors (Lipinski definition) is 2. The standard InChI is InChI=1S/C15H13BrN4/c16-13-4-2-1-3-10(13)8-18-15-12-7-11(17)5-6-14(12)19-9-20-15/h1-7,9H,8,17H2,(H,18,19,20). The van der Waals surface area contributed by atoms with E-state index in [1.165, 1.54) is 5.56 Å². The Hall–Kier alpha value is -2.14. The van der Waals surface area contributed by atoms with E-state index in [1.54, 1.807) is 6.33 Å². The molecule has 20 heavy (non-hydrogen) atoms. The van der Waals surface area contributed by atoms with Crippen LogP contribution in [0, 0.1) is 0 Å². The quantitative estimate of drug-likeness (QED) is 0.721. The van der Waals surface area contributed by atoms with Gasteiger partial charge in [0.2, 0.25) is 0 Å². The minimum Gasteiger partial charge on any atom is -0.399 e. The van der Waals surface area contributed by atoms with Crippen LogP contribution in [0.5, 0.6) is 0 Å². The molecule has 0 spiro atoms. The zero-order valence-electron chi connectivity index (χ0n) is 10.7. The molecule has 1 aromatic heterocycles. The number of nitrogen functional groups attached to an aromatic ring is 1. The summed E-state index contributed by atoms with van der Waals surface area (Å²) in [4.78, 5) is 8.54. The third-order valence-corrected chi connectivity index (χ3v) is 3.84. The SMILES string of the molecule is Nc1ccc2ncnc(NCc3ccccc3Br)c2c1. The van der Waals surface area contributed by atoms with Crippen LogP contribution in [0.15, 0.2) is 53.3 Å². The number of benzene rings is 2. The van der Waals surface area contributed by atoms with E-state index in [-0.39, 0.29) is 0 Å². The molecule has 0 bridgehead atoms. The molecular weight excluding hydrogens is 316 g/mol. The number of anilines is 2. The average Bonchev–Trinajstić information content (AvgIpc) is 2.46. The van der Waals surface area contributed by atoms with Crippen molar-refractivity contribution < 1.29 is 0 Å². The molecule has 5 heteroatoms. The maximum absolute atomic E-state index is 5.83. The summed E-state index contributed by atoms with van der Waals surface area (Å²) in [7, 11) is 0. The lowest BCUT2D eigenvalue weighted by molar-refractivity contribution is 1.09. The van der Waals surface area contributed by atoms with Crippen molar-refractivity contribution in [1.82, 2.24) is 9.97 Å². The van der Waals surface area contributed by atoms with Gasteiger partial charge in [-0.3, -0.25) is 0 Å². The predicted molar refractivity (Wildman–Crippen MR) is 85.4 cm³/mol. The number of halogens is 1. The summed E-state index contributed by atoms with van der Waals surface area (Å²) in [5.74, 6) is 0.790. The van der Waals surface area contributed by atoms with Crippen molar-refractivity contribution in [3.8, 4) is 0 Å². The summed E-state index contributed by atoms with van der Waals surface area (Å²) in [5, 5.41) is 4.27. The number of hydrogen-bond acceptors (Lipinski definition) is 4. The molecule has 3 N–H and O–H groups in total. The Labute approximate surface area is 125 Å². The third kappa shape index (κ3) is 2.58. The molecule has 1 heterocycles. The first-order valence-corrected chi connectivity index (χ1v) is 7.01. The fraction of sp³-hybridized carbons (Fsp3) is 0.0667. The molecule has 0 radical (unpaired) electrons. The number of nitrogens with one attached hydrogen (secondary N) is 1. The second kappa shape index (κ2) is 5.46. The molecule has 4 nitrogen and oxygen atoms in total. The smallest absolute Gasteiger partial charge is 0.137 e. The molecule has 0 aliphatic carbocycles. The highest BCUT2D eigenvalue weighted by Gasteiger charge is 2.05. The van der Waals surface area contributed by atoms with E-state index in [2.05, 4.69) is 37.3 Å². The molecule has 0 amide bonds. The van der Waals surface area contributed by atoms with Crippen LogP contribution < -0.4 is 11.1 Å². The first-order chi connectivity index (χ1) is 9.74. The highest BCUT2D eigenvalue weighted by atomic mass is 79.9. The summed E-state index contributed by atoms with van der Waals surface area (Å²) in [6.45, 7) is 0.683. The van der Waals surface area contributed by atoms with E-state index in [4.69, 9.17) is 5.73 Å². The first kappa shape index (κ1) is 12.9. The van der Waals surface area contributed by atoms with Crippen LogP contribution >= 0.6 is 15.9 Å². The van der Waals surface area contributed by atoms with Gasteiger partial charge in [0, 0.05) is 22.1 Å². The minimum absolute atomic E-state index is 0.683. The van der Waals surface area contributed by atoms with E-state index in [0.717, 1.165) is 21.2 Å². The van der Waals surface area contributed by atoms with Crippen LogP contribution in [0.3, 0.4) is 0 Å². The first-order valence-electron chi connectivity index (χ1n) is 6.21. The van der Waals surface area contributed by atoms with Crippen LogP contribution in [0.1, 0.15) is 5.56 Å². The van der Waals surface area contributed by atoms with Gasteiger partial charge in [-0.05, 0) is 29.8 Å². The van der Waals surface area contributed by atoms with Gasteiger partial charge < -0.3 is 11.1 Å². The van der Waals surface area contributed by atoms with Crippen molar-refractivity contribution in [3.63, 3.8) is 0 Å². The minimum atomic E-state index is 0.683. The van der Waals surface area contributed by atoms with Gasteiger partial charge in [0.05, 0.1) is 5.52 Å². The topological polar surface area (TPSA) is 63.8 Å². The summed E-state index contributed by atoms with van der Waals surface area (Å²) in [6.07, 6.45) is 1.56. The molecule has 0 saturated carbocycles. The van der Waals surface area contributed by atoms with Crippen molar-refractivity contribution in [3.05, 3.63) is 58.8 Å². The predicted octanol–water partition coefficient (Wildman–Crippen LogP) is 3.59. The molecular formula is C15H13BrN4. The lowest BCUT2D eigenvalue weighted by Crippen LogP contribution is -2.03. The second-order valence-corrected chi connectivity index (χ2v) is 5.30. The molecule has 2 aromatic carbocycles. The number of fused-ring (bicyclic) bond motifs is 1. The van der Waals surface area contributed by atoms with Gasteiger partial charge in [-0.15, -0.1) is 0 Å². The van der Waals surface area contributed by atoms with Crippen LogP contribution in [0.2, 0.25) is 0 Å². The zero-order chi connectivity index (χ0) is 13.9. The Balaban J connectivity index is 1.91. The van der Waals surface area contributed by atoms with Gasteiger partial charge in [0.1, 0.15) is 12.1 Å². The van der Waals surface area contributed by atoms with Crippen LogP contribution in [0.4, 0.5) is 11.5 Å². The van der Waals surface area contributed by atoms with Crippen LogP contribution in [0.25, 0.3) is 10.9 Å². The van der Waals surface area contributed by atoms with Gasteiger partial charge in [0.25, 0.3) is 0 Å². The molecule has 0 unspecified atom stereocenters. The highest BCUT2D eigenvalue weighted by Crippen LogP contribution is 2.23. The van der Waals surface area contributed by atoms with Gasteiger partial charge in [-0.2, -0.15) is 0 Å².